The number of carbonyl (C=O) groups excluding carboxylic acids is 1. The predicted molar refractivity (Wildman–Crippen MR) is 93.2 cm³/mol. The number of aliphatic hydroxyl groups is 1. The zero-order valence-electron chi connectivity index (χ0n) is 14.4. The van der Waals surface area contributed by atoms with Crippen molar-refractivity contribution in [2.24, 2.45) is 5.92 Å². The molecule has 1 unspecified atom stereocenters. The molecule has 3 nitrogen and oxygen atoms in total. The van der Waals surface area contributed by atoms with Crippen LogP contribution in [0.2, 0.25) is 0 Å². The van der Waals surface area contributed by atoms with Crippen LogP contribution in [0.15, 0.2) is 24.3 Å². The van der Waals surface area contributed by atoms with Crippen LogP contribution in [-0.2, 0) is 0 Å². The van der Waals surface area contributed by atoms with Gasteiger partial charge in [0.05, 0.1) is 0 Å². The lowest BCUT2D eigenvalue weighted by molar-refractivity contribution is 0.0760. The first-order valence-electron chi connectivity index (χ1n) is 8.54. The van der Waals surface area contributed by atoms with E-state index in [9.17, 15) is 9.90 Å². The number of hydrogen-bond donors (Lipinski definition) is 1. The number of rotatable bonds is 2. The molecule has 0 aliphatic carbocycles. The summed E-state index contributed by atoms with van der Waals surface area (Å²) in [6.07, 6.45) is 4.60. The molecule has 1 aromatic rings. The molecule has 0 bridgehead atoms. The molecule has 0 spiro atoms. The Labute approximate surface area is 139 Å². The summed E-state index contributed by atoms with van der Waals surface area (Å²) < 4.78 is 0. The van der Waals surface area contributed by atoms with Gasteiger partial charge >= 0.3 is 0 Å². The highest BCUT2D eigenvalue weighted by Gasteiger charge is 2.20. The molecule has 0 radical (unpaired) electrons. The third-order valence-electron chi connectivity index (χ3n) is 4.33. The highest BCUT2D eigenvalue weighted by molar-refractivity contribution is 5.94. The van der Waals surface area contributed by atoms with E-state index in [1.165, 1.54) is 12.8 Å². The summed E-state index contributed by atoms with van der Waals surface area (Å²) in [4.78, 5) is 14.7. The molecule has 2 rings (SSSR count). The number of amides is 1. The molecular weight excluding hydrogens is 286 g/mol. The van der Waals surface area contributed by atoms with Crippen molar-refractivity contribution < 1.29 is 9.90 Å². The SMILES string of the molecule is CCC1CCCN(C(=O)c2cccc(C#CC(C)(C)O)c2)CC1. The summed E-state index contributed by atoms with van der Waals surface area (Å²) in [5.41, 5.74) is 0.418. The third-order valence-corrected chi connectivity index (χ3v) is 4.33. The van der Waals surface area contributed by atoms with Gasteiger partial charge in [0.15, 0.2) is 0 Å². The lowest BCUT2D eigenvalue weighted by atomic mass is 9.98. The maximum absolute atomic E-state index is 12.7. The van der Waals surface area contributed by atoms with E-state index in [0.717, 1.165) is 37.4 Å². The van der Waals surface area contributed by atoms with Crippen molar-refractivity contribution in [1.82, 2.24) is 4.90 Å². The summed E-state index contributed by atoms with van der Waals surface area (Å²) >= 11 is 0. The average molecular weight is 313 g/mol. The van der Waals surface area contributed by atoms with E-state index in [4.69, 9.17) is 0 Å². The number of benzene rings is 1. The van der Waals surface area contributed by atoms with Crippen LogP contribution in [0.5, 0.6) is 0 Å². The maximum atomic E-state index is 12.7. The van der Waals surface area contributed by atoms with Crippen molar-refractivity contribution >= 4 is 5.91 Å². The third kappa shape index (κ3) is 5.41. The van der Waals surface area contributed by atoms with Crippen LogP contribution in [-0.4, -0.2) is 34.6 Å². The Morgan fingerprint density at radius 3 is 2.83 bits per heavy atom. The maximum Gasteiger partial charge on any atom is 0.253 e. The molecule has 1 aromatic carbocycles. The summed E-state index contributed by atoms with van der Waals surface area (Å²) in [5.74, 6) is 6.57. The first-order chi connectivity index (χ1) is 10.9. The van der Waals surface area contributed by atoms with Crippen LogP contribution < -0.4 is 0 Å². The molecule has 0 saturated carbocycles. The molecule has 3 heteroatoms. The Hall–Kier alpha value is -1.79. The first-order valence-corrected chi connectivity index (χ1v) is 8.54. The van der Waals surface area contributed by atoms with Gasteiger partial charge in [-0.05, 0) is 57.2 Å². The zero-order chi connectivity index (χ0) is 16.9. The highest BCUT2D eigenvalue weighted by atomic mass is 16.3. The molecule has 1 N–H and O–H groups in total. The number of carbonyl (C=O) groups is 1. The van der Waals surface area contributed by atoms with Crippen molar-refractivity contribution in [3.63, 3.8) is 0 Å². The van der Waals surface area contributed by atoms with Gasteiger partial charge in [-0.2, -0.15) is 0 Å². The van der Waals surface area contributed by atoms with E-state index in [-0.39, 0.29) is 5.91 Å². The Balaban J connectivity index is 2.11. The van der Waals surface area contributed by atoms with E-state index in [2.05, 4.69) is 18.8 Å². The molecule has 0 aromatic heterocycles. The second-order valence-electron chi connectivity index (χ2n) is 6.89. The fourth-order valence-electron chi connectivity index (χ4n) is 2.91. The predicted octanol–water partition coefficient (Wildman–Crippen LogP) is 3.46. The molecule has 1 fully saturated rings. The van der Waals surface area contributed by atoms with E-state index < -0.39 is 5.60 Å². The Kier molecular flexibility index (Phi) is 5.85. The molecule has 1 saturated heterocycles. The second-order valence-corrected chi connectivity index (χ2v) is 6.89. The number of nitrogens with zero attached hydrogens (tertiary/aromatic N) is 1. The lowest BCUT2D eigenvalue weighted by Crippen LogP contribution is -2.32. The van der Waals surface area contributed by atoms with Crippen molar-refractivity contribution in [2.45, 2.75) is 52.1 Å². The number of hydrogen-bond acceptors (Lipinski definition) is 2. The Bertz CT molecular complexity index is 604. The van der Waals surface area contributed by atoms with Crippen LogP contribution in [0.4, 0.5) is 0 Å². The Morgan fingerprint density at radius 1 is 1.35 bits per heavy atom. The molecule has 23 heavy (non-hydrogen) atoms. The standard InChI is InChI=1S/C20H27NO2/c1-4-16-8-6-13-21(14-11-16)19(22)18-9-5-7-17(15-18)10-12-20(2,3)23/h5,7,9,15-16,23H,4,6,8,11,13-14H2,1-3H3. The van der Waals surface area contributed by atoms with Gasteiger partial charge in [-0.25, -0.2) is 0 Å². The van der Waals surface area contributed by atoms with E-state index >= 15 is 0 Å². The minimum Gasteiger partial charge on any atom is -0.378 e. The van der Waals surface area contributed by atoms with E-state index in [1.54, 1.807) is 13.8 Å². The largest absolute Gasteiger partial charge is 0.378 e. The molecular formula is C20H27NO2. The minimum absolute atomic E-state index is 0.0914. The fourth-order valence-corrected chi connectivity index (χ4v) is 2.91. The summed E-state index contributed by atoms with van der Waals surface area (Å²) in [7, 11) is 0. The van der Waals surface area contributed by atoms with Crippen molar-refractivity contribution in [3.05, 3.63) is 35.4 Å². The minimum atomic E-state index is -1.03. The molecule has 1 heterocycles. The lowest BCUT2D eigenvalue weighted by Gasteiger charge is -2.20. The smallest absolute Gasteiger partial charge is 0.253 e. The molecule has 1 atom stereocenters. The van der Waals surface area contributed by atoms with Crippen LogP contribution in [0.3, 0.4) is 0 Å². The van der Waals surface area contributed by atoms with Crippen molar-refractivity contribution in [3.8, 4) is 11.8 Å². The molecule has 1 aliphatic rings. The zero-order valence-corrected chi connectivity index (χ0v) is 14.4. The number of likely N-dealkylation sites (tertiary alicyclic amines) is 1. The van der Waals surface area contributed by atoms with Crippen LogP contribution in [0, 0.1) is 17.8 Å². The summed E-state index contributed by atoms with van der Waals surface area (Å²) in [6.45, 7) is 7.21. The van der Waals surface area contributed by atoms with Gasteiger partial charge in [0.2, 0.25) is 0 Å². The normalized spacial score (nSPS) is 18.8. The van der Waals surface area contributed by atoms with Gasteiger partial charge in [-0.15, -0.1) is 0 Å². The molecule has 1 aliphatic heterocycles. The van der Waals surface area contributed by atoms with Gasteiger partial charge in [-0.1, -0.05) is 31.3 Å². The van der Waals surface area contributed by atoms with Crippen molar-refractivity contribution in [2.75, 3.05) is 13.1 Å². The molecule has 124 valence electrons. The summed E-state index contributed by atoms with van der Waals surface area (Å²) in [6, 6.07) is 7.39. The fraction of sp³-hybridized carbons (Fsp3) is 0.550. The quantitative estimate of drug-likeness (QED) is 0.850. The van der Waals surface area contributed by atoms with Crippen LogP contribution >= 0.6 is 0 Å². The van der Waals surface area contributed by atoms with Gasteiger partial charge in [-0.3, -0.25) is 4.79 Å². The highest BCUT2D eigenvalue weighted by Crippen LogP contribution is 2.21. The van der Waals surface area contributed by atoms with Gasteiger partial charge in [0.25, 0.3) is 5.91 Å². The topological polar surface area (TPSA) is 40.5 Å². The van der Waals surface area contributed by atoms with Gasteiger partial charge in [0, 0.05) is 24.2 Å². The Morgan fingerprint density at radius 2 is 2.13 bits per heavy atom. The van der Waals surface area contributed by atoms with Gasteiger partial charge < -0.3 is 10.0 Å². The average Bonchev–Trinajstić information content (AvgIpc) is 2.77. The van der Waals surface area contributed by atoms with Crippen LogP contribution in [0.25, 0.3) is 0 Å². The van der Waals surface area contributed by atoms with E-state index in [1.807, 2.05) is 29.2 Å². The monoisotopic (exact) mass is 313 g/mol. The van der Waals surface area contributed by atoms with Crippen LogP contribution in [0.1, 0.15) is 62.4 Å². The molecule has 1 amide bonds. The second kappa shape index (κ2) is 7.66. The summed E-state index contributed by atoms with van der Waals surface area (Å²) in [5, 5.41) is 9.69. The first kappa shape index (κ1) is 17.6. The van der Waals surface area contributed by atoms with Gasteiger partial charge in [0.1, 0.15) is 5.60 Å². The van der Waals surface area contributed by atoms with E-state index in [0.29, 0.717) is 5.56 Å². The van der Waals surface area contributed by atoms with Crippen molar-refractivity contribution in [1.29, 1.82) is 0 Å².